The van der Waals surface area contributed by atoms with Gasteiger partial charge < -0.3 is 9.80 Å². The highest BCUT2D eigenvalue weighted by Gasteiger charge is 2.14. The molecule has 1 aliphatic heterocycles. The van der Waals surface area contributed by atoms with E-state index in [4.69, 9.17) is 0 Å². The Morgan fingerprint density at radius 1 is 1.24 bits per heavy atom. The highest BCUT2D eigenvalue weighted by molar-refractivity contribution is 9.11. The molecule has 1 aliphatic rings. The van der Waals surface area contributed by atoms with Crippen LogP contribution in [0.15, 0.2) is 27.6 Å². The summed E-state index contributed by atoms with van der Waals surface area (Å²) in [7, 11) is 2.08. The number of thiophene rings is 1. The monoisotopic (exact) mass is 366 g/mol. The number of rotatable bonds is 4. The Balaban J connectivity index is 1.72. The molecule has 6 heteroatoms. The Kier molecular flexibility index (Phi) is 4.75. The number of halogens is 1. The van der Waals surface area contributed by atoms with E-state index >= 15 is 0 Å². The summed E-state index contributed by atoms with van der Waals surface area (Å²) >= 11 is 5.23. The van der Waals surface area contributed by atoms with Gasteiger partial charge in [-0.15, -0.1) is 11.3 Å². The second-order valence-electron chi connectivity index (χ2n) is 5.40. The summed E-state index contributed by atoms with van der Waals surface area (Å²) in [4.78, 5) is 13.4. The summed E-state index contributed by atoms with van der Waals surface area (Å²) < 4.78 is 1.17. The quantitative estimate of drug-likeness (QED) is 0.820. The average molecular weight is 367 g/mol. The van der Waals surface area contributed by atoms with E-state index in [1.54, 1.807) is 17.7 Å². The number of aromatic nitrogens is 2. The minimum atomic E-state index is 0.860. The van der Waals surface area contributed by atoms with Crippen LogP contribution in [0, 0.1) is 0 Å². The molecule has 0 unspecified atom stereocenters. The Morgan fingerprint density at radius 3 is 2.76 bits per heavy atom. The van der Waals surface area contributed by atoms with E-state index in [1.807, 2.05) is 0 Å². The summed E-state index contributed by atoms with van der Waals surface area (Å²) in [6.45, 7) is 3.08. The Bertz CT molecular complexity index is 595. The molecule has 0 aromatic carbocycles. The number of anilines is 2. The molecule has 3 heterocycles. The largest absolute Gasteiger partial charge is 0.356 e. The van der Waals surface area contributed by atoms with Gasteiger partial charge in [0.15, 0.2) is 0 Å². The Morgan fingerprint density at radius 2 is 2.05 bits per heavy atom. The number of nitrogens with zero attached hydrogens (tertiary/aromatic N) is 4. The number of hydrogen-bond donors (Lipinski definition) is 0. The van der Waals surface area contributed by atoms with Crippen molar-refractivity contribution in [2.75, 3.05) is 29.9 Å². The van der Waals surface area contributed by atoms with Crippen LogP contribution < -0.4 is 9.80 Å². The van der Waals surface area contributed by atoms with Crippen molar-refractivity contribution in [2.45, 2.75) is 25.8 Å². The normalized spacial score (nSPS) is 15.2. The molecule has 0 amide bonds. The van der Waals surface area contributed by atoms with Crippen molar-refractivity contribution in [1.82, 2.24) is 9.97 Å². The zero-order valence-electron chi connectivity index (χ0n) is 12.1. The van der Waals surface area contributed by atoms with Gasteiger partial charge in [-0.05, 0) is 52.2 Å². The van der Waals surface area contributed by atoms with E-state index in [0.29, 0.717) is 0 Å². The zero-order valence-corrected chi connectivity index (χ0v) is 14.5. The van der Waals surface area contributed by atoms with E-state index < -0.39 is 0 Å². The van der Waals surface area contributed by atoms with Crippen molar-refractivity contribution in [2.24, 2.45) is 0 Å². The third kappa shape index (κ3) is 3.74. The Hall–Kier alpha value is -1.14. The zero-order chi connectivity index (χ0) is 14.7. The average Bonchev–Trinajstić information content (AvgIpc) is 2.93. The lowest BCUT2D eigenvalue weighted by Crippen LogP contribution is -2.30. The van der Waals surface area contributed by atoms with Gasteiger partial charge in [0.25, 0.3) is 0 Å². The Labute approximate surface area is 138 Å². The first kappa shape index (κ1) is 14.8. The van der Waals surface area contributed by atoms with E-state index in [1.165, 1.54) is 28.6 Å². The maximum Gasteiger partial charge on any atom is 0.134 e. The summed E-state index contributed by atoms with van der Waals surface area (Å²) in [6, 6.07) is 4.26. The van der Waals surface area contributed by atoms with Crippen molar-refractivity contribution < 1.29 is 0 Å². The van der Waals surface area contributed by atoms with Gasteiger partial charge in [0, 0.05) is 32.7 Å². The molecule has 3 rings (SSSR count). The molecule has 4 nitrogen and oxygen atoms in total. The molecule has 2 aromatic rings. The fraction of sp³-hybridized carbons (Fsp3) is 0.467. The molecular weight excluding hydrogens is 348 g/mol. The summed E-state index contributed by atoms with van der Waals surface area (Å²) in [6.07, 6.45) is 5.54. The van der Waals surface area contributed by atoms with Gasteiger partial charge >= 0.3 is 0 Å². The lowest BCUT2D eigenvalue weighted by atomic mass is 10.1. The van der Waals surface area contributed by atoms with E-state index in [0.717, 1.165) is 31.3 Å². The van der Waals surface area contributed by atoms with Crippen molar-refractivity contribution in [3.8, 4) is 0 Å². The van der Waals surface area contributed by atoms with Crippen LogP contribution in [0.3, 0.4) is 0 Å². The van der Waals surface area contributed by atoms with Crippen molar-refractivity contribution in [3.63, 3.8) is 0 Å². The van der Waals surface area contributed by atoms with E-state index in [-0.39, 0.29) is 0 Å². The molecule has 21 heavy (non-hydrogen) atoms. The molecule has 1 fully saturated rings. The topological polar surface area (TPSA) is 32.3 Å². The van der Waals surface area contributed by atoms with Crippen LogP contribution >= 0.6 is 27.3 Å². The molecule has 0 radical (unpaired) electrons. The van der Waals surface area contributed by atoms with Crippen LogP contribution in [0.5, 0.6) is 0 Å². The van der Waals surface area contributed by atoms with Gasteiger partial charge in [-0.3, -0.25) is 0 Å². The molecule has 2 aromatic heterocycles. The molecule has 0 aliphatic carbocycles. The van der Waals surface area contributed by atoms with Gasteiger partial charge in [-0.25, -0.2) is 9.97 Å². The fourth-order valence-electron chi connectivity index (χ4n) is 2.63. The molecule has 0 saturated carbocycles. The van der Waals surface area contributed by atoms with Gasteiger partial charge in [-0.1, -0.05) is 0 Å². The standard InChI is InChI=1S/C15H19BrN4S/c1-19(9-12-7-13(16)21-10-12)14-8-15(18-11-17-14)20-5-3-2-4-6-20/h7-8,10-11H,2-6,9H2,1H3. The second-order valence-corrected chi connectivity index (χ2v) is 7.69. The first-order valence-corrected chi connectivity index (χ1v) is 8.91. The predicted molar refractivity (Wildman–Crippen MR) is 92.2 cm³/mol. The second kappa shape index (κ2) is 6.75. The summed E-state index contributed by atoms with van der Waals surface area (Å²) in [5.41, 5.74) is 1.30. The highest BCUT2D eigenvalue weighted by atomic mass is 79.9. The third-order valence-corrected chi connectivity index (χ3v) is 5.30. The van der Waals surface area contributed by atoms with Gasteiger partial charge in [0.1, 0.15) is 18.0 Å². The van der Waals surface area contributed by atoms with Gasteiger partial charge in [0.05, 0.1) is 3.79 Å². The number of piperidine rings is 1. The van der Waals surface area contributed by atoms with Crippen LogP contribution in [-0.4, -0.2) is 30.1 Å². The molecule has 0 bridgehead atoms. The maximum absolute atomic E-state index is 4.44. The van der Waals surface area contributed by atoms with Crippen LogP contribution in [0.4, 0.5) is 11.6 Å². The fourth-order valence-corrected chi connectivity index (χ4v) is 3.83. The molecular formula is C15H19BrN4S. The van der Waals surface area contributed by atoms with Crippen molar-refractivity contribution in [3.05, 3.63) is 33.2 Å². The lowest BCUT2D eigenvalue weighted by Gasteiger charge is -2.28. The first-order valence-electron chi connectivity index (χ1n) is 7.23. The molecule has 112 valence electrons. The smallest absolute Gasteiger partial charge is 0.134 e. The molecule has 0 atom stereocenters. The van der Waals surface area contributed by atoms with Crippen LogP contribution in [0.25, 0.3) is 0 Å². The minimum Gasteiger partial charge on any atom is -0.356 e. The minimum absolute atomic E-state index is 0.860. The van der Waals surface area contributed by atoms with E-state index in [2.05, 4.69) is 60.3 Å². The van der Waals surface area contributed by atoms with E-state index in [9.17, 15) is 0 Å². The predicted octanol–water partition coefficient (Wildman–Crippen LogP) is 3.93. The van der Waals surface area contributed by atoms with Crippen LogP contribution in [0.2, 0.25) is 0 Å². The van der Waals surface area contributed by atoms with Crippen LogP contribution in [0.1, 0.15) is 24.8 Å². The van der Waals surface area contributed by atoms with Crippen LogP contribution in [-0.2, 0) is 6.54 Å². The lowest BCUT2D eigenvalue weighted by molar-refractivity contribution is 0.573. The summed E-state index contributed by atoms with van der Waals surface area (Å²) in [5, 5.41) is 2.17. The first-order chi connectivity index (χ1) is 10.2. The summed E-state index contributed by atoms with van der Waals surface area (Å²) in [5.74, 6) is 2.03. The maximum atomic E-state index is 4.44. The van der Waals surface area contributed by atoms with Crippen molar-refractivity contribution in [1.29, 1.82) is 0 Å². The molecule has 0 N–H and O–H groups in total. The molecule has 1 saturated heterocycles. The van der Waals surface area contributed by atoms with Crippen molar-refractivity contribution >= 4 is 38.9 Å². The third-order valence-electron chi connectivity index (χ3n) is 3.75. The highest BCUT2D eigenvalue weighted by Crippen LogP contribution is 2.24. The van der Waals surface area contributed by atoms with Gasteiger partial charge in [-0.2, -0.15) is 0 Å². The molecule has 0 spiro atoms. The number of hydrogen-bond acceptors (Lipinski definition) is 5. The van der Waals surface area contributed by atoms with Gasteiger partial charge in [0.2, 0.25) is 0 Å². The SMILES string of the molecule is CN(Cc1csc(Br)c1)c1cc(N2CCCCC2)ncn1.